The number of nitrogens with zero attached hydrogens (tertiary/aromatic N) is 2. The molecule has 0 amide bonds. The van der Waals surface area contributed by atoms with Gasteiger partial charge in [-0.3, -0.25) is 19.2 Å². The fraction of sp³-hybridized carbons (Fsp3) is 0.200. The Kier molecular flexibility index (Phi) is 8.46. The van der Waals surface area contributed by atoms with Crippen molar-refractivity contribution >= 4 is 66.6 Å². The summed E-state index contributed by atoms with van der Waals surface area (Å²) in [5.74, 6) is -2.63. The van der Waals surface area contributed by atoms with E-state index in [0.29, 0.717) is 54.2 Å². The molecule has 43 heavy (non-hydrogen) atoms. The van der Waals surface area contributed by atoms with Crippen LogP contribution in [0.1, 0.15) is 45.3 Å². The van der Waals surface area contributed by atoms with Crippen molar-refractivity contribution in [1.82, 2.24) is 9.97 Å². The maximum Gasteiger partial charge on any atom is 0.303 e. The highest BCUT2D eigenvalue weighted by Gasteiger charge is 2.22. The van der Waals surface area contributed by atoms with Crippen molar-refractivity contribution in [2.45, 2.75) is 25.7 Å². The number of benzene rings is 3. The first-order valence-corrected chi connectivity index (χ1v) is 14.5. The molecule has 0 radical (unpaired) electrons. The zero-order chi connectivity index (χ0) is 30.8. The third kappa shape index (κ3) is 6.22. The van der Waals surface area contributed by atoms with E-state index in [-0.39, 0.29) is 47.3 Å². The van der Waals surface area contributed by atoms with Gasteiger partial charge in [0.1, 0.15) is 17.3 Å². The second-order valence-electron chi connectivity index (χ2n) is 9.40. The van der Waals surface area contributed by atoms with Crippen LogP contribution in [0.5, 0.6) is 11.5 Å². The molecule has 0 atom stereocenters. The van der Waals surface area contributed by atoms with E-state index in [2.05, 4.69) is 9.97 Å². The van der Waals surface area contributed by atoms with Crippen LogP contribution >= 0.6 is 22.7 Å². The molecule has 2 aromatic heterocycles. The number of ether oxygens (including phenoxy) is 2. The molecule has 0 aliphatic heterocycles. The topological polar surface area (TPSA) is 153 Å². The molecule has 0 spiro atoms. The van der Waals surface area contributed by atoms with Gasteiger partial charge in [0.05, 0.1) is 47.5 Å². The van der Waals surface area contributed by atoms with Crippen molar-refractivity contribution in [3.8, 4) is 33.8 Å². The average molecular weight is 623 g/mol. The molecule has 0 aliphatic carbocycles. The number of hydrogen-bond acceptors (Lipinski definition) is 10. The monoisotopic (exact) mass is 622 g/mol. The molecule has 0 unspecified atom stereocenters. The van der Waals surface area contributed by atoms with Crippen molar-refractivity contribution in [2.24, 2.45) is 0 Å². The van der Waals surface area contributed by atoms with Gasteiger partial charge in [-0.25, -0.2) is 14.4 Å². The molecule has 220 valence electrons. The van der Waals surface area contributed by atoms with Crippen LogP contribution in [-0.4, -0.2) is 57.9 Å². The van der Waals surface area contributed by atoms with Gasteiger partial charge < -0.3 is 19.7 Å². The Morgan fingerprint density at radius 1 is 0.674 bits per heavy atom. The highest BCUT2D eigenvalue weighted by molar-refractivity contribution is 7.20. The van der Waals surface area contributed by atoms with Crippen molar-refractivity contribution in [2.75, 3.05) is 14.2 Å². The number of methoxy groups -OCH3 is 2. The van der Waals surface area contributed by atoms with Crippen LogP contribution in [0.2, 0.25) is 0 Å². The number of carboxylic acids is 2. The van der Waals surface area contributed by atoms with Gasteiger partial charge in [0.15, 0.2) is 21.6 Å². The molecule has 0 bridgehead atoms. The van der Waals surface area contributed by atoms with Crippen molar-refractivity contribution in [3.05, 3.63) is 58.3 Å². The van der Waals surface area contributed by atoms with E-state index in [9.17, 15) is 23.6 Å². The summed E-state index contributed by atoms with van der Waals surface area (Å²) < 4.78 is 27.3. The summed E-state index contributed by atoms with van der Waals surface area (Å²) in [6.45, 7) is 0. The molecule has 0 saturated heterocycles. The maximum absolute atomic E-state index is 14.8. The number of carboxylic acid groups (broad SMARTS) is 2. The number of thiazole rings is 2. The standard InChI is InChI=1S/C30H23FN2O8S2/c1-40-23-12-19-25(42-29(32-19)21(34)5-7-27(36)37)10-17(23)15-4-3-14(31)9-16(15)18-11-26-20(13-24(18)41-2)33-30(43-26)22(35)6-8-28(38)39/h3-4,9-13H,5-8H2,1-2H3,(H,36,37)(H,38,39). The van der Waals surface area contributed by atoms with Crippen LogP contribution in [-0.2, 0) is 9.59 Å². The number of hydrogen-bond donors (Lipinski definition) is 2. The van der Waals surface area contributed by atoms with Gasteiger partial charge in [-0.2, -0.15) is 0 Å². The lowest BCUT2D eigenvalue weighted by molar-refractivity contribution is -0.137. The summed E-state index contributed by atoms with van der Waals surface area (Å²) in [4.78, 5) is 55.6. The molecule has 5 rings (SSSR count). The zero-order valence-corrected chi connectivity index (χ0v) is 24.4. The Morgan fingerprint density at radius 3 is 1.58 bits per heavy atom. The second kappa shape index (κ2) is 12.2. The van der Waals surface area contributed by atoms with E-state index in [4.69, 9.17) is 19.7 Å². The Labute approximate surface area is 251 Å². The Bertz CT molecular complexity index is 1930. The van der Waals surface area contributed by atoms with Crippen LogP contribution in [0.15, 0.2) is 42.5 Å². The number of aromatic nitrogens is 2. The first-order valence-electron chi connectivity index (χ1n) is 12.9. The van der Waals surface area contributed by atoms with Crippen LogP contribution in [0.25, 0.3) is 42.7 Å². The van der Waals surface area contributed by atoms with E-state index < -0.39 is 17.8 Å². The average Bonchev–Trinajstić information content (AvgIpc) is 3.60. The van der Waals surface area contributed by atoms with Gasteiger partial charge in [0.25, 0.3) is 0 Å². The number of aliphatic carboxylic acids is 2. The minimum Gasteiger partial charge on any atom is -0.496 e. The van der Waals surface area contributed by atoms with Crippen LogP contribution in [0, 0.1) is 5.82 Å². The summed E-state index contributed by atoms with van der Waals surface area (Å²) in [5, 5.41) is 18.2. The number of fused-ring (bicyclic) bond motifs is 2. The number of Topliss-reactive ketones (excluding diaryl/α,β-unsaturated/α-hetero) is 2. The molecule has 0 saturated carbocycles. The molecule has 3 aromatic carbocycles. The molecule has 0 fully saturated rings. The van der Waals surface area contributed by atoms with E-state index in [0.717, 1.165) is 22.7 Å². The van der Waals surface area contributed by atoms with Crippen LogP contribution in [0.4, 0.5) is 4.39 Å². The number of halogens is 1. The lowest BCUT2D eigenvalue weighted by atomic mass is 9.93. The number of carbonyl (C=O) groups excluding carboxylic acids is 2. The highest BCUT2D eigenvalue weighted by atomic mass is 32.1. The zero-order valence-electron chi connectivity index (χ0n) is 22.8. The van der Waals surface area contributed by atoms with Crippen molar-refractivity contribution < 1.29 is 43.3 Å². The minimum absolute atomic E-state index is 0.168. The van der Waals surface area contributed by atoms with Crippen LogP contribution < -0.4 is 9.47 Å². The van der Waals surface area contributed by atoms with Gasteiger partial charge in [-0.15, -0.1) is 22.7 Å². The van der Waals surface area contributed by atoms with E-state index in [1.165, 1.54) is 26.4 Å². The quantitative estimate of drug-likeness (QED) is 0.148. The Balaban J connectivity index is 1.62. The summed E-state index contributed by atoms with van der Waals surface area (Å²) in [7, 11) is 2.94. The second-order valence-corrected chi connectivity index (χ2v) is 11.5. The highest BCUT2D eigenvalue weighted by Crippen LogP contribution is 2.45. The number of ketones is 2. The van der Waals surface area contributed by atoms with E-state index >= 15 is 0 Å². The molecule has 0 aliphatic rings. The summed E-state index contributed by atoms with van der Waals surface area (Å²) in [6, 6.07) is 11.1. The molecular weight excluding hydrogens is 599 g/mol. The molecular formula is C30H23FN2O8S2. The van der Waals surface area contributed by atoms with Crippen molar-refractivity contribution in [3.63, 3.8) is 0 Å². The largest absolute Gasteiger partial charge is 0.496 e. The molecule has 2 heterocycles. The fourth-order valence-corrected chi connectivity index (χ4v) is 6.44. The minimum atomic E-state index is -1.08. The van der Waals surface area contributed by atoms with Gasteiger partial charge in [-0.1, -0.05) is 6.07 Å². The van der Waals surface area contributed by atoms with Gasteiger partial charge in [0, 0.05) is 36.1 Å². The maximum atomic E-state index is 14.8. The van der Waals surface area contributed by atoms with Crippen molar-refractivity contribution in [1.29, 1.82) is 0 Å². The normalized spacial score (nSPS) is 11.1. The third-order valence-electron chi connectivity index (χ3n) is 6.59. The Morgan fingerprint density at radius 2 is 1.14 bits per heavy atom. The van der Waals surface area contributed by atoms with Gasteiger partial charge in [0.2, 0.25) is 0 Å². The predicted molar refractivity (Wildman–Crippen MR) is 159 cm³/mol. The molecule has 2 N–H and O–H groups in total. The summed E-state index contributed by atoms with van der Waals surface area (Å²) >= 11 is 2.24. The summed E-state index contributed by atoms with van der Waals surface area (Å²) in [6.07, 6.45) is -0.958. The lowest BCUT2D eigenvalue weighted by Crippen LogP contribution is -2.03. The third-order valence-corrected chi connectivity index (χ3v) is 8.71. The van der Waals surface area contributed by atoms with E-state index in [1.54, 1.807) is 30.3 Å². The predicted octanol–water partition coefficient (Wildman–Crippen LogP) is 6.49. The molecule has 10 nitrogen and oxygen atoms in total. The number of rotatable bonds is 12. The summed E-state index contributed by atoms with van der Waals surface area (Å²) in [5.41, 5.74) is 3.14. The number of carbonyl (C=O) groups is 4. The fourth-order valence-electron chi connectivity index (χ4n) is 4.54. The molecule has 13 heteroatoms. The van der Waals surface area contributed by atoms with Gasteiger partial charge in [-0.05, 0) is 35.4 Å². The lowest BCUT2D eigenvalue weighted by Gasteiger charge is -2.16. The smallest absolute Gasteiger partial charge is 0.303 e. The SMILES string of the molecule is COc1cc2nc(C(=O)CCC(=O)O)sc2cc1-c1ccc(F)cc1-c1cc2sc(C(=O)CCC(=O)O)nc2cc1OC. The van der Waals surface area contributed by atoms with Crippen LogP contribution in [0.3, 0.4) is 0 Å². The molecule has 5 aromatic rings. The Hall–Kier alpha value is -4.75. The first-order chi connectivity index (χ1) is 20.6. The first kappa shape index (κ1) is 29.7. The van der Waals surface area contributed by atoms with E-state index in [1.807, 2.05) is 0 Å². The van der Waals surface area contributed by atoms with Gasteiger partial charge >= 0.3 is 11.9 Å².